The van der Waals surface area contributed by atoms with Gasteiger partial charge < -0.3 is 43.0 Å². The number of hydrogen-bond acceptors (Lipinski definition) is 9. The molecule has 6 atom stereocenters. The van der Waals surface area contributed by atoms with E-state index in [0.717, 1.165) is 13.0 Å². The SMILES string of the molecule is CCCCCCCCCCCCCCOCC(C)OCC(C)OCC(C)OCC(C)OCC(C)OCC(C)OCCOCCO. The second-order valence-corrected chi connectivity index (χ2v) is 12.7. The van der Waals surface area contributed by atoms with Crippen molar-refractivity contribution in [3.8, 4) is 0 Å². The first kappa shape index (κ1) is 44.6. The average Bonchev–Trinajstić information content (AvgIpc) is 3.03. The molecule has 0 bridgehead atoms. The van der Waals surface area contributed by atoms with Crippen molar-refractivity contribution in [3.05, 3.63) is 0 Å². The Kier molecular flexibility index (Phi) is 33.3. The van der Waals surface area contributed by atoms with Gasteiger partial charge in [0.25, 0.3) is 0 Å². The zero-order chi connectivity index (χ0) is 33.4. The summed E-state index contributed by atoms with van der Waals surface area (Å²) in [6.07, 6.45) is 16.1. The molecule has 0 aliphatic rings. The lowest BCUT2D eigenvalue weighted by Crippen LogP contribution is -2.30. The molecule has 0 saturated heterocycles. The molecule has 0 aliphatic heterocycles. The maximum atomic E-state index is 8.70. The molecule has 0 spiro atoms. The van der Waals surface area contributed by atoms with Gasteiger partial charge in [-0.15, -0.1) is 0 Å². The van der Waals surface area contributed by atoms with Gasteiger partial charge in [0, 0.05) is 6.61 Å². The van der Waals surface area contributed by atoms with Gasteiger partial charge in [-0.05, 0) is 48.0 Å². The van der Waals surface area contributed by atoms with E-state index in [1.165, 1.54) is 70.6 Å². The molecule has 9 nitrogen and oxygen atoms in total. The first-order valence-electron chi connectivity index (χ1n) is 18.2. The summed E-state index contributed by atoms with van der Waals surface area (Å²) in [5.74, 6) is 0. The summed E-state index contributed by atoms with van der Waals surface area (Å²) < 4.78 is 46.1. The highest BCUT2D eigenvalue weighted by molar-refractivity contribution is 4.59. The monoisotopic (exact) mass is 651 g/mol. The molecule has 1 N–H and O–H groups in total. The summed E-state index contributed by atoms with van der Waals surface area (Å²) in [4.78, 5) is 0. The molecular weight excluding hydrogens is 576 g/mol. The van der Waals surface area contributed by atoms with Crippen LogP contribution in [0.15, 0.2) is 0 Å². The van der Waals surface area contributed by atoms with Gasteiger partial charge in [-0.1, -0.05) is 77.6 Å². The number of aliphatic hydroxyl groups excluding tert-OH is 1. The minimum absolute atomic E-state index is 0.0130. The minimum Gasteiger partial charge on any atom is -0.394 e. The average molecular weight is 651 g/mol. The molecule has 0 fully saturated rings. The van der Waals surface area contributed by atoms with Crippen LogP contribution in [0, 0.1) is 0 Å². The van der Waals surface area contributed by atoms with Crippen LogP contribution in [0.2, 0.25) is 0 Å². The Morgan fingerprint density at radius 3 is 1.11 bits per heavy atom. The van der Waals surface area contributed by atoms with Gasteiger partial charge in [0.2, 0.25) is 0 Å². The molecule has 0 rings (SSSR count). The number of hydrogen-bond donors (Lipinski definition) is 1. The van der Waals surface area contributed by atoms with Crippen LogP contribution in [-0.2, 0) is 37.9 Å². The molecule has 0 amide bonds. The quantitative estimate of drug-likeness (QED) is 0.0710. The second kappa shape index (κ2) is 33.5. The van der Waals surface area contributed by atoms with Crippen LogP contribution in [0.3, 0.4) is 0 Å². The topological polar surface area (TPSA) is 94.1 Å². The largest absolute Gasteiger partial charge is 0.394 e. The van der Waals surface area contributed by atoms with Crippen molar-refractivity contribution in [3.63, 3.8) is 0 Å². The fourth-order valence-electron chi connectivity index (χ4n) is 4.56. The standard InChI is InChI=1S/C36H74O9/c1-8-9-10-11-12-13-14-15-16-17-18-19-21-39-25-31(2)41-27-33(4)43-29-35(6)45-30-36(7)44-28-34(5)42-26-32(3)40-24-23-38-22-20-37/h31-37H,8-30H2,1-7H3. The zero-order valence-corrected chi connectivity index (χ0v) is 30.4. The van der Waals surface area contributed by atoms with Crippen molar-refractivity contribution in [1.29, 1.82) is 0 Å². The van der Waals surface area contributed by atoms with Crippen molar-refractivity contribution >= 4 is 0 Å². The third-order valence-corrected chi connectivity index (χ3v) is 7.44. The minimum atomic E-state index is -0.0487. The Labute approximate surface area is 277 Å². The molecule has 0 aromatic rings. The van der Waals surface area contributed by atoms with Crippen LogP contribution < -0.4 is 0 Å². The molecule has 45 heavy (non-hydrogen) atoms. The Balaban J connectivity index is 3.63. The maximum Gasteiger partial charge on any atom is 0.0781 e. The van der Waals surface area contributed by atoms with Gasteiger partial charge >= 0.3 is 0 Å². The number of rotatable bonds is 36. The number of ether oxygens (including phenoxy) is 8. The van der Waals surface area contributed by atoms with E-state index in [-0.39, 0.29) is 43.2 Å². The molecule has 0 heterocycles. The van der Waals surface area contributed by atoms with Gasteiger partial charge in [-0.2, -0.15) is 0 Å². The van der Waals surface area contributed by atoms with E-state index < -0.39 is 0 Å². The van der Waals surface area contributed by atoms with Crippen molar-refractivity contribution in [2.24, 2.45) is 0 Å². The van der Waals surface area contributed by atoms with E-state index in [4.69, 9.17) is 43.0 Å². The molecule has 0 aromatic carbocycles. The molecule has 0 radical (unpaired) electrons. The third kappa shape index (κ3) is 33.3. The van der Waals surface area contributed by atoms with Crippen molar-refractivity contribution in [1.82, 2.24) is 0 Å². The molecular formula is C36H74O9. The molecule has 6 unspecified atom stereocenters. The fraction of sp³-hybridized carbons (Fsp3) is 1.00. The van der Waals surface area contributed by atoms with Crippen molar-refractivity contribution in [2.75, 3.05) is 72.7 Å². The summed E-state index contributed by atoms with van der Waals surface area (Å²) in [5.41, 5.74) is 0. The first-order valence-corrected chi connectivity index (χ1v) is 18.2. The normalized spacial score (nSPS) is 16.0. The van der Waals surface area contributed by atoms with E-state index in [0.29, 0.717) is 59.5 Å². The highest BCUT2D eigenvalue weighted by Gasteiger charge is 2.13. The van der Waals surface area contributed by atoms with Crippen molar-refractivity contribution in [2.45, 2.75) is 162 Å². The third-order valence-electron chi connectivity index (χ3n) is 7.44. The van der Waals surface area contributed by atoms with Gasteiger partial charge in [0.1, 0.15) is 0 Å². The lowest BCUT2D eigenvalue weighted by atomic mass is 10.1. The predicted molar refractivity (Wildman–Crippen MR) is 182 cm³/mol. The summed E-state index contributed by atoms with van der Waals surface area (Å²) >= 11 is 0. The van der Waals surface area contributed by atoms with Crippen LogP contribution in [0.4, 0.5) is 0 Å². The van der Waals surface area contributed by atoms with Gasteiger partial charge in [0.15, 0.2) is 0 Å². The lowest BCUT2D eigenvalue weighted by molar-refractivity contribution is -0.105. The Bertz CT molecular complexity index is 583. The zero-order valence-electron chi connectivity index (χ0n) is 30.4. The van der Waals surface area contributed by atoms with E-state index in [2.05, 4.69) is 13.8 Å². The lowest BCUT2D eigenvalue weighted by Gasteiger charge is -2.22. The number of unbranched alkanes of at least 4 members (excludes halogenated alkanes) is 11. The highest BCUT2D eigenvalue weighted by Crippen LogP contribution is 2.12. The highest BCUT2D eigenvalue weighted by atomic mass is 16.6. The molecule has 0 aromatic heterocycles. The van der Waals surface area contributed by atoms with E-state index in [9.17, 15) is 0 Å². The Hall–Kier alpha value is -0.360. The Morgan fingerprint density at radius 1 is 0.356 bits per heavy atom. The van der Waals surface area contributed by atoms with E-state index >= 15 is 0 Å². The predicted octanol–water partition coefficient (Wildman–Crippen LogP) is 7.14. The second-order valence-electron chi connectivity index (χ2n) is 12.7. The van der Waals surface area contributed by atoms with Crippen molar-refractivity contribution < 1.29 is 43.0 Å². The molecule has 0 saturated carbocycles. The number of aliphatic hydroxyl groups is 1. The Morgan fingerprint density at radius 2 is 0.711 bits per heavy atom. The van der Waals surface area contributed by atoms with Crippen LogP contribution in [0.25, 0.3) is 0 Å². The molecule has 272 valence electrons. The fourth-order valence-corrected chi connectivity index (χ4v) is 4.56. The van der Waals surface area contributed by atoms with Gasteiger partial charge in [0.05, 0.1) is 103 Å². The smallest absolute Gasteiger partial charge is 0.0781 e. The van der Waals surface area contributed by atoms with E-state index in [1.54, 1.807) is 0 Å². The maximum absolute atomic E-state index is 8.70. The molecule has 9 heteroatoms. The molecule has 0 aliphatic carbocycles. The van der Waals surface area contributed by atoms with Crippen LogP contribution in [0.1, 0.15) is 126 Å². The first-order chi connectivity index (χ1) is 21.8. The van der Waals surface area contributed by atoms with E-state index in [1.807, 2.05) is 34.6 Å². The summed E-state index contributed by atoms with van der Waals surface area (Å²) in [6.45, 7) is 19.5. The van der Waals surface area contributed by atoms with Gasteiger partial charge in [-0.3, -0.25) is 0 Å². The van der Waals surface area contributed by atoms with Crippen LogP contribution >= 0.6 is 0 Å². The van der Waals surface area contributed by atoms with Crippen LogP contribution in [0.5, 0.6) is 0 Å². The summed E-state index contributed by atoms with van der Waals surface area (Å²) in [5, 5.41) is 8.70. The summed E-state index contributed by atoms with van der Waals surface area (Å²) in [6, 6.07) is 0. The summed E-state index contributed by atoms with van der Waals surface area (Å²) in [7, 11) is 0. The van der Waals surface area contributed by atoms with Crippen LogP contribution in [-0.4, -0.2) is 114 Å². The van der Waals surface area contributed by atoms with Gasteiger partial charge in [-0.25, -0.2) is 0 Å².